The maximum absolute atomic E-state index is 13.1. The molecule has 0 aliphatic carbocycles. The number of benzene rings is 2. The van der Waals surface area contributed by atoms with Crippen molar-refractivity contribution in [2.24, 2.45) is 5.92 Å². The lowest BCUT2D eigenvalue weighted by Gasteiger charge is -2.23. The van der Waals surface area contributed by atoms with Gasteiger partial charge in [-0.15, -0.1) is 0 Å². The maximum Gasteiger partial charge on any atom is 0.264 e. The number of aromatic nitrogens is 2. The summed E-state index contributed by atoms with van der Waals surface area (Å²) < 4.78 is 40.5. The third-order valence-electron chi connectivity index (χ3n) is 5.13. The molecular weight excluding hydrogens is 452 g/mol. The molecule has 4 rings (SSSR count). The van der Waals surface area contributed by atoms with Crippen LogP contribution in [-0.2, 0) is 10.0 Å². The average Bonchev–Trinajstić information content (AvgIpc) is 2.76. The number of hydrogen-bond donors (Lipinski definition) is 2. The Kier molecular flexibility index (Phi) is 6.92. The first-order valence-electron chi connectivity index (χ1n) is 11.4. The zero-order valence-corrected chi connectivity index (χ0v) is 20.6. The van der Waals surface area contributed by atoms with Gasteiger partial charge in [-0.25, -0.2) is 18.1 Å². The monoisotopic (exact) mass is 482 g/mol. The molecular formula is C25H30N4O4S. The first-order chi connectivity index (χ1) is 16.2. The Morgan fingerprint density at radius 3 is 2.62 bits per heavy atom. The van der Waals surface area contributed by atoms with Crippen molar-refractivity contribution in [2.75, 3.05) is 16.6 Å². The van der Waals surface area contributed by atoms with E-state index in [1.54, 1.807) is 24.3 Å². The molecule has 2 N–H and O–H groups in total. The Hall–Kier alpha value is -3.33. The second-order valence-corrected chi connectivity index (χ2v) is 10.7. The minimum atomic E-state index is -3.91. The molecule has 1 aliphatic rings. The summed E-state index contributed by atoms with van der Waals surface area (Å²) in [4.78, 5) is 8.93. The van der Waals surface area contributed by atoms with E-state index >= 15 is 0 Å². The molecule has 180 valence electrons. The topological polar surface area (TPSA) is 102 Å². The van der Waals surface area contributed by atoms with Crippen molar-refractivity contribution >= 4 is 21.7 Å². The molecule has 0 unspecified atom stereocenters. The van der Waals surface area contributed by atoms with Crippen LogP contribution in [0.4, 0.5) is 11.6 Å². The van der Waals surface area contributed by atoms with Gasteiger partial charge in [0.15, 0.2) is 0 Å². The molecule has 0 fully saturated rings. The smallest absolute Gasteiger partial charge is 0.264 e. The van der Waals surface area contributed by atoms with Crippen LogP contribution in [0, 0.1) is 5.92 Å². The summed E-state index contributed by atoms with van der Waals surface area (Å²) in [5.74, 6) is 1.35. The fourth-order valence-electron chi connectivity index (χ4n) is 3.78. The molecule has 2 heterocycles. The van der Waals surface area contributed by atoms with Crippen LogP contribution in [-0.4, -0.2) is 37.1 Å². The maximum atomic E-state index is 13.1. The Morgan fingerprint density at radius 2 is 1.85 bits per heavy atom. The van der Waals surface area contributed by atoms with Crippen LogP contribution in [0.1, 0.15) is 34.1 Å². The number of nitrogens with zero attached hydrogens (tertiary/aromatic N) is 2. The minimum absolute atomic E-state index is 0.0219. The summed E-state index contributed by atoms with van der Waals surface area (Å²) >= 11 is 0. The molecule has 0 amide bonds. The lowest BCUT2D eigenvalue weighted by atomic mass is 10.0. The molecule has 34 heavy (non-hydrogen) atoms. The molecule has 0 saturated heterocycles. The van der Waals surface area contributed by atoms with Crippen LogP contribution >= 0.6 is 0 Å². The third kappa shape index (κ3) is 5.96. The quantitative estimate of drug-likeness (QED) is 0.530. The van der Waals surface area contributed by atoms with E-state index in [1.807, 2.05) is 44.2 Å². The average molecular weight is 483 g/mol. The summed E-state index contributed by atoms with van der Waals surface area (Å²) in [6.45, 7) is 8.54. The molecule has 3 aromatic rings. The van der Waals surface area contributed by atoms with Crippen molar-refractivity contribution in [3.8, 4) is 22.9 Å². The highest BCUT2D eigenvalue weighted by Crippen LogP contribution is 2.28. The van der Waals surface area contributed by atoms with Gasteiger partial charge in [-0.05, 0) is 56.5 Å². The van der Waals surface area contributed by atoms with Gasteiger partial charge in [0.1, 0.15) is 12.4 Å². The highest BCUT2D eigenvalue weighted by Gasteiger charge is 2.21. The highest BCUT2D eigenvalue weighted by atomic mass is 32.2. The second-order valence-electron chi connectivity index (χ2n) is 9.02. The predicted octanol–water partition coefficient (Wildman–Crippen LogP) is 4.95. The Labute approximate surface area is 200 Å². The first kappa shape index (κ1) is 23.8. The zero-order valence-electron chi connectivity index (χ0n) is 19.8. The van der Waals surface area contributed by atoms with Gasteiger partial charge in [0, 0.05) is 17.3 Å². The van der Waals surface area contributed by atoms with Crippen molar-refractivity contribution in [2.45, 2.75) is 51.2 Å². The first-order valence-corrected chi connectivity index (χ1v) is 12.8. The number of nitrogens with one attached hydrogen (secondary N) is 2. The van der Waals surface area contributed by atoms with E-state index in [0.717, 1.165) is 12.0 Å². The second kappa shape index (κ2) is 9.89. The van der Waals surface area contributed by atoms with Crippen molar-refractivity contribution in [3.05, 3.63) is 54.6 Å². The van der Waals surface area contributed by atoms with E-state index in [9.17, 15) is 8.42 Å². The molecule has 0 radical (unpaired) electrons. The van der Waals surface area contributed by atoms with E-state index in [2.05, 4.69) is 33.9 Å². The summed E-state index contributed by atoms with van der Waals surface area (Å²) in [6.07, 6.45) is 0.864. The van der Waals surface area contributed by atoms with Crippen LogP contribution in [0.2, 0.25) is 0 Å². The van der Waals surface area contributed by atoms with Crippen LogP contribution < -0.4 is 19.5 Å². The van der Waals surface area contributed by atoms with Gasteiger partial charge in [0.05, 0.1) is 22.7 Å². The largest absolute Gasteiger partial charge is 0.491 e. The molecule has 8 nitrogen and oxygen atoms in total. The van der Waals surface area contributed by atoms with E-state index in [4.69, 9.17) is 9.47 Å². The van der Waals surface area contributed by atoms with Gasteiger partial charge >= 0.3 is 0 Å². The van der Waals surface area contributed by atoms with Crippen molar-refractivity contribution in [1.29, 1.82) is 0 Å². The molecule has 1 atom stereocenters. The van der Waals surface area contributed by atoms with E-state index < -0.39 is 10.0 Å². The van der Waals surface area contributed by atoms with Crippen molar-refractivity contribution < 1.29 is 17.9 Å². The molecule has 1 aliphatic heterocycles. The summed E-state index contributed by atoms with van der Waals surface area (Å²) in [6, 6.07) is 15.9. The van der Waals surface area contributed by atoms with E-state index in [0.29, 0.717) is 29.7 Å². The van der Waals surface area contributed by atoms with E-state index in [1.165, 1.54) is 0 Å². The van der Waals surface area contributed by atoms with Gasteiger partial charge in [0.25, 0.3) is 10.0 Å². The molecule has 4 bridgehead atoms. The fourth-order valence-corrected chi connectivity index (χ4v) is 4.77. The fraction of sp³-hybridized carbons (Fsp3) is 0.360. The Morgan fingerprint density at radius 1 is 1.06 bits per heavy atom. The van der Waals surface area contributed by atoms with Gasteiger partial charge in [0.2, 0.25) is 11.8 Å². The van der Waals surface area contributed by atoms with Crippen LogP contribution in [0.5, 0.6) is 11.6 Å². The lowest BCUT2D eigenvalue weighted by molar-refractivity contribution is 0.242. The molecule has 9 heteroatoms. The predicted molar refractivity (Wildman–Crippen MR) is 133 cm³/mol. The molecule has 0 spiro atoms. The molecule has 2 aromatic carbocycles. The lowest BCUT2D eigenvalue weighted by Crippen LogP contribution is -2.29. The summed E-state index contributed by atoms with van der Waals surface area (Å²) in [7, 11) is -3.91. The number of rotatable bonds is 5. The van der Waals surface area contributed by atoms with Crippen LogP contribution in [0.15, 0.2) is 59.5 Å². The normalized spacial score (nSPS) is 17.1. The number of fused-ring (bicyclic) bond motifs is 4. The summed E-state index contributed by atoms with van der Waals surface area (Å²) in [5, 5.41) is 3.41. The summed E-state index contributed by atoms with van der Waals surface area (Å²) in [5.41, 5.74) is 2.00. The van der Waals surface area contributed by atoms with E-state index in [-0.39, 0.29) is 28.9 Å². The zero-order chi connectivity index (χ0) is 24.3. The highest BCUT2D eigenvalue weighted by molar-refractivity contribution is 7.92. The minimum Gasteiger partial charge on any atom is -0.491 e. The molecule has 1 aromatic heterocycles. The Balaban J connectivity index is 1.77. The van der Waals surface area contributed by atoms with Crippen molar-refractivity contribution in [1.82, 2.24) is 9.97 Å². The van der Waals surface area contributed by atoms with Gasteiger partial charge in [-0.1, -0.05) is 32.0 Å². The third-order valence-corrected chi connectivity index (χ3v) is 6.46. The number of hydrogen-bond acceptors (Lipinski definition) is 7. The number of sulfonamides is 1. The molecule has 0 saturated carbocycles. The van der Waals surface area contributed by atoms with Gasteiger partial charge < -0.3 is 14.8 Å². The SMILES string of the molecule is CC(C)C[C@@H]1COc2cc(-c3cccc(OC(C)C)c3)nc(n2)NS(=O)(=O)c2cccc(c2)N1. The van der Waals surface area contributed by atoms with Gasteiger partial charge in [-0.3, -0.25) is 0 Å². The van der Waals surface area contributed by atoms with Crippen LogP contribution in [0.3, 0.4) is 0 Å². The van der Waals surface area contributed by atoms with Crippen LogP contribution in [0.25, 0.3) is 11.3 Å². The standard InChI is InChI=1S/C25H30N4O4S/c1-16(2)11-20-15-32-24-14-23(18-7-5-9-21(12-18)33-17(3)4)27-25(28-24)29-34(30,31)22-10-6-8-19(13-22)26-20/h5-10,12-14,16-17,20,26H,11,15H2,1-4H3,(H,27,28,29)/t20-/m1/s1. The van der Waals surface area contributed by atoms with Gasteiger partial charge in [-0.2, -0.15) is 4.98 Å². The van der Waals surface area contributed by atoms with Crippen molar-refractivity contribution in [3.63, 3.8) is 0 Å². The number of ether oxygens (including phenoxy) is 2. The number of anilines is 2. The Bertz CT molecular complexity index is 1260.